The van der Waals surface area contributed by atoms with Crippen LogP contribution in [0, 0.1) is 0 Å². The maximum Gasteiger partial charge on any atom is 0.339 e. The number of aldehydes is 2. The molecule has 0 heterocycles. The second-order valence-corrected chi connectivity index (χ2v) is 3.97. The topological polar surface area (TPSA) is 80.7 Å². The Morgan fingerprint density at radius 3 is 2.10 bits per heavy atom. The van der Waals surface area contributed by atoms with Crippen LogP contribution in [0.5, 0.6) is 11.5 Å². The van der Waals surface area contributed by atoms with Crippen molar-refractivity contribution < 1.29 is 24.2 Å². The maximum absolute atomic E-state index is 11.1. The van der Waals surface area contributed by atoms with Gasteiger partial charge in [-0.25, -0.2) is 4.79 Å². The molecule has 2 aromatic rings. The summed E-state index contributed by atoms with van der Waals surface area (Å²) in [6, 6.07) is 10.4. The van der Waals surface area contributed by atoms with Crippen molar-refractivity contribution >= 4 is 18.5 Å². The van der Waals surface area contributed by atoms with Crippen LogP contribution >= 0.6 is 0 Å². The van der Waals surface area contributed by atoms with Crippen molar-refractivity contribution in [2.75, 3.05) is 0 Å². The van der Waals surface area contributed by atoms with E-state index in [9.17, 15) is 14.4 Å². The van der Waals surface area contributed by atoms with Crippen LogP contribution in [0.3, 0.4) is 0 Å². The zero-order valence-electron chi connectivity index (χ0n) is 10.3. The smallest absolute Gasteiger partial charge is 0.339 e. The first-order valence-corrected chi connectivity index (χ1v) is 5.69. The molecule has 5 nitrogen and oxygen atoms in total. The van der Waals surface area contributed by atoms with E-state index >= 15 is 0 Å². The van der Waals surface area contributed by atoms with E-state index < -0.39 is 5.97 Å². The first kappa shape index (κ1) is 13.5. The van der Waals surface area contributed by atoms with Gasteiger partial charge in [0.25, 0.3) is 0 Å². The molecule has 2 rings (SSSR count). The Hall–Kier alpha value is -2.95. The lowest BCUT2D eigenvalue weighted by atomic mass is 10.1. The van der Waals surface area contributed by atoms with Crippen molar-refractivity contribution in [1.82, 2.24) is 0 Å². The summed E-state index contributed by atoms with van der Waals surface area (Å²) in [7, 11) is 0. The molecule has 100 valence electrons. The predicted molar refractivity (Wildman–Crippen MR) is 70.7 cm³/mol. The van der Waals surface area contributed by atoms with E-state index in [1.165, 1.54) is 18.2 Å². The van der Waals surface area contributed by atoms with E-state index in [1.54, 1.807) is 24.3 Å². The Kier molecular flexibility index (Phi) is 3.91. The molecule has 5 heteroatoms. The fourth-order valence-corrected chi connectivity index (χ4v) is 1.62. The second-order valence-electron chi connectivity index (χ2n) is 3.97. The molecule has 0 saturated heterocycles. The van der Waals surface area contributed by atoms with Crippen molar-refractivity contribution in [2.24, 2.45) is 0 Å². The lowest BCUT2D eigenvalue weighted by Crippen LogP contribution is -2.01. The fourth-order valence-electron chi connectivity index (χ4n) is 1.62. The molecule has 0 unspecified atom stereocenters. The van der Waals surface area contributed by atoms with E-state index in [-0.39, 0.29) is 16.9 Å². The summed E-state index contributed by atoms with van der Waals surface area (Å²) in [5, 5.41) is 9.10. The zero-order valence-corrected chi connectivity index (χ0v) is 10.3. The van der Waals surface area contributed by atoms with Gasteiger partial charge in [0.1, 0.15) is 29.6 Å². The van der Waals surface area contributed by atoms with Crippen LogP contribution in [-0.4, -0.2) is 23.6 Å². The number of carboxylic acids is 1. The van der Waals surface area contributed by atoms with Gasteiger partial charge in [0.15, 0.2) is 0 Å². The third kappa shape index (κ3) is 2.89. The normalized spacial score (nSPS) is 9.80. The number of carbonyl (C=O) groups is 3. The quantitative estimate of drug-likeness (QED) is 0.845. The van der Waals surface area contributed by atoms with Crippen LogP contribution in [0.1, 0.15) is 31.1 Å². The number of ether oxygens (including phenoxy) is 1. The largest absolute Gasteiger partial charge is 0.478 e. The minimum absolute atomic E-state index is 0.103. The standard InChI is InChI=1S/C15H10O5/c16-8-10-1-4-12(5-2-10)20-14-6-3-11(9-17)7-13(14)15(18)19/h1-9H,(H,18,19). The maximum atomic E-state index is 11.1. The minimum Gasteiger partial charge on any atom is -0.478 e. The molecule has 1 N–H and O–H groups in total. The van der Waals surface area contributed by atoms with Crippen LogP contribution in [0.15, 0.2) is 42.5 Å². The van der Waals surface area contributed by atoms with E-state index in [0.717, 1.165) is 0 Å². The van der Waals surface area contributed by atoms with Gasteiger partial charge in [-0.05, 0) is 42.5 Å². The Morgan fingerprint density at radius 1 is 0.950 bits per heavy atom. The molecular weight excluding hydrogens is 260 g/mol. The van der Waals surface area contributed by atoms with Gasteiger partial charge >= 0.3 is 5.97 Å². The average molecular weight is 270 g/mol. The summed E-state index contributed by atoms with van der Waals surface area (Å²) in [6.45, 7) is 0. The first-order chi connectivity index (χ1) is 9.63. The Bertz CT molecular complexity index is 658. The highest BCUT2D eigenvalue weighted by atomic mass is 16.5. The molecular formula is C15H10O5. The summed E-state index contributed by atoms with van der Waals surface area (Å²) in [5.74, 6) is -0.660. The van der Waals surface area contributed by atoms with Gasteiger partial charge in [-0.15, -0.1) is 0 Å². The van der Waals surface area contributed by atoms with E-state index in [0.29, 0.717) is 23.9 Å². The fraction of sp³-hybridized carbons (Fsp3) is 0. The van der Waals surface area contributed by atoms with Crippen molar-refractivity contribution in [2.45, 2.75) is 0 Å². The van der Waals surface area contributed by atoms with Gasteiger partial charge in [-0.3, -0.25) is 9.59 Å². The molecule has 2 aromatic carbocycles. The molecule has 0 aliphatic rings. The Labute approximate surface area is 114 Å². The number of hydrogen-bond acceptors (Lipinski definition) is 4. The number of carbonyl (C=O) groups excluding carboxylic acids is 2. The molecule has 0 amide bonds. The average Bonchev–Trinajstić information content (AvgIpc) is 2.48. The number of rotatable bonds is 5. The van der Waals surface area contributed by atoms with Gasteiger partial charge in [0.05, 0.1) is 0 Å². The van der Waals surface area contributed by atoms with Crippen LogP contribution in [0.25, 0.3) is 0 Å². The van der Waals surface area contributed by atoms with Gasteiger partial charge in [0, 0.05) is 11.1 Å². The van der Waals surface area contributed by atoms with E-state index in [1.807, 2.05) is 0 Å². The predicted octanol–water partition coefficient (Wildman–Crippen LogP) is 2.80. The van der Waals surface area contributed by atoms with Crippen LogP contribution in [0.4, 0.5) is 0 Å². The Morgan fingerprint density at radius 2 is 1.55 bits per heavy atom. The molecule has 20 heavy (non-hydrogen) atoms. The molecule has 0 spiro atoms. The molecule has 0 aromatic heterocycles. The molecule has 0 saturated carbocycles. The lowest BCUT2D eigenvalue weighted by molar-refractivity contribution is 0.0694. The number of aromatic carboxylic acids is 1. The summed E-state index contributed by atoms with van der Waals surface area (Å²) in [4.78, 5) is 32.3. The molecule has 0 aliphatic heterocycles. The zero-order chi connectivity index (χ0) is 14.5. The number of benzene rings is 2. The Balaban J connectivity index is 2.34. The minimum atomic E-state index is -1.19. The van der Waals surface area contributed by atoms with Crippen molar-refractivity contribution in [1.29, 1.82) is 0 Å². The second kappa shape index (κ2) is 5.79. The van der Waals surface area contributed by atoms with Crippen molar-refractivity contribution in [3.05, 3.63) is 59.2 Å². The highest BCUT2D eigenvalue weighted by Crippen LogP contribution is 2.26. The molecule has 0 atom stereocenters. The van der Waals surface area contributed by atoms with Crippen LogP contribution in [-0.2, 0) is 0 Å². The lowest BCUT2D eigenvalue weighted by Gasteiger charge is -2.09. The molecule has 0 bridgehead atoms. The monoisotopic (exact) mass is 270 g/mol. The van der Waals surface area contributed by atoms with Crippen molar-refractivity contribution in [3.63, 3.8) is 0 Å². The summed E-state index contributed by atoms with van der Waals surface area (Å²) in [6.07, 6.45) is 1.26. The number of hydrogen-bond donors (Lipinski definition) is 1. The molecule has 0 aliphatic carbocycles. The first-order valence-electron chi connectivity index (χ1n) is 5.69. The highest BCUT2D eigenvalue weighted by Gasteiger charge is 2.13. The van der Waals surface area contributed by atoms with E-state index in [4.69, 9.17) is 9.84 Å². The van der Waals surface area contributed by atoms with Crippen LogP contribution < -0.4 is 4.74 Å². The SMILES string of the molecule is O=Cc1ccc(Oc2ccc(C=O)cc2C(=O)O)cc1. The third-order valence-corrected chi connectivity index (χ3v) is 2.61. The van der Waals surface area contributed by atoms with Gasteiger partial charge < -0.3 is 9.84 Å². The summed E-state index contributed by atoms with van der Waals surface area (Å²) >= 11 is 0. The number of carboxylic acid groups (broad SMARTS) is 1. The highest BCUT2D eigenvalue weighted by molar-refractivity contribution is 5.93. The van der Waals surface area contributed by atoms with E-state index in [2.05, 4.69) is 0 Å². The van der Waals surface area contributed by atoms with Crippen molar-refractivity contribution in [3.8, 4) is 11.5 Å². The molecule has 0 radical (unpaired) electrons. The molecule has 0 fully saturated rings. The van der Waals surface area contributed by atoms with Gasteiger partial charge in [0.2, 0.25) is 0 Å². The third-order valence-electron chi connectivity index (χ3n) is 2.61. The van der Waals surface area contributed by atoms with Crippen LogP contribution in [0.2, 0.25) is 0 Å². The summed E-state index contributed by atoms with van der Waals surface area (Å²) < 4.78 is 5.46. The van der Waals surface area contributed by atoms with Gasteiger partial charge in [-0.2, -0.15) is 0 Å². The van der Waals surface area contributed by atoms with Gasteiger partial charge in [-0.1, -0.05) is 0 Å². The summed E-state index contributed by atoms with van der Waals surface area (Å²) in [5.41, 5.74) is 0.646.